The molecule has 8 heteroatoms. The number of halogens is 1. The van der Waals surface area contributed by atoms with Crippen molar-refractivity contribution in [1.82, 2.24) is 14.9 Å². The number of pyridine rings is 1. The molecule has 1 aliphatic rings. The van der Waals surface area contributed by atoms with Crippen molar-refractivity contribution < 1.29 is 19.1 Å². The van der Waals surface area contributed by atoms with Crippen LogP contribution in [0, 0.1) is 6.92 Å². The van der Waals surface area contributed by atoms with Crippen molar-refractivity contribution >= 4 is 17.5 Å². The molecule has 1 amide bonds. The fraction of sp³-hybridized carbons (Fsp3) is 0.211. The van der Waals surface area contributed by atoms with E-state index in [2.05, 4.69) is 9.97 Å². The van der Waals surface area contributed by atoms with Gasteiger partial charge in [0.25, 0.3) is 5.91 Å². The van der Waals surface area contributed by atoms with Crippen molar-refractivity contribution in [3.05, 3.63) is 58.9 Å². The molecular formula is C19H16ClN3O4. The number of phenolic OH excluding ortho intramolecular Hbond substituents is 1. The third-order valence-electron chi connectivity index (χ3n) is 4.37. The maximum absolute atomic E-state index is 12.8. The summed E-state index contributed by atoms with van der Waals surface area (Å²) < 4.78 is 10.8. The van der Waals surface area contributed by atoms with Gasteiger partial charge in [-0.25, -0.2) is 4.98 Å². The van der Waals surface area contributed by atoms with Crippen molar-refractivity contribution in [2.45, 2.75) is 13.5 Å². The second-order valence-corrected chi connectivity index (χ2v) is 6.61. The van der Waals surface area contributed by atoms with Gasteiger partial charge in [0.1, 0.15) is 12.4 Å². The summed E-state index contributed by atoms with van der Waals surface area (Å²) in [5, 5.41) is 10.9. The monoisotopic (exact) mass is 385 g/mol. The highest BCUT2D eigenvalue weighted by Gasteiger charge is 2.26. The molecular weight excluding hydrogens is 370 g/mol. The van der Waals surface area contributed by atoms with Gasteiger partial charge in [-0.1, -0.05) is 11.6 Å². The minimum atomic E-state index is -0.243. The molecule has 0 bridgehead atoms. The first kappa shape index (κ1) is 17.4. The number of oxazole rings is 1. The number of phenols is 1. The smallest absolute Gasteiger partial charge is 0.276 e. The van der Waals surface area contributed by atoms with Gasteiger partial charge in [0.2, 0.25) is 0 Å². The third kappa shape index (κ3) is 3.33. The molecule has 2 aromatic heterocycles. The molecule has 0 atom stereocenters. The van der Waals surface area contributed by atoms with E-state index in [1.165, 1.54) is 6.39 Å². The molecule has 3 heterocycles. The Morgan fingerprint density at radius 3 is 2.85 bits per heavy atom. The summed E-state index contributed by atoms with van der Waals surface area (Å²) in [4.78, 5) is 22.7. The summed E-state index contributed by atoms with van der Waals surface area (Å²) in [5.41, 5.74) is 2.33. The maximum Gasteiger partial charge on any atom is 0.276 e. The van der Waals surface area contributed by atoms with Crippen LogP contribution in [0.5, 0.6) is 11.5 Å². The Morgan fingerprint density at radius 1 is 1.30 bits per heavy atom. The van der Waals surface area contributed by atoms with E-state index < -0.39 is 0 Å². The first-order valence-electron chi connectivity index (χ1n) is 8.33. The Labute approximate surface area is 160 Å². The average molecular weight is 386 g/mol. The van der Waals surface area contributed by atoms with Crippen LogP contribution < -0.4 is 4.74 Å². The number of aryl methyl sites for hydroxylation is 1. The number of aromatic hydroxyl groups is 1. The molecule has 3 aromatic rings. The van der Waals surface area contributed by atoms with Crippen LogP contribution in [0.3, 0.4) is 0 Å². The van der Waals surface area contributed by atoms with E-state index in [0.29, 0.717) is 39.9 Å². The van der Waals surface area contributed by atoms with Gasteiger partial charge in [0.05, 0.1) is 17.3 Å². The number of nitrogens with zero attached hydrogens (tertiary/aromatic N) is 3. The molecule has 0 saturated heterocycles. The summed E-state index contributed by atoms with van der Waals surface area (Å²) in [5.74, 6) is 0.602. The molecule has 27 heavy (non-hydrogen) atoms. The quantitative estimate of drug-likeness (QED) is 0.727. The maximum atomic E-state index is 12.8. The highest BCUT2D eigenvalue weighted by Crippen LogP contribution is 2.37. The molecule has 7 nitrogen and oxygen atoms in total. The van der Waals surface area contributed by atoms with Crippen LogP contribution >= 0.6 is 11.6 Å². The Bertz CT molecular complexity index is 1000. The van der Waals surface area contributed by atoms with Gasteiger partial charge in [-0.3, -0.25) is 9.78 Å². The van der Waals surface area contributed by atoms with E-state index in [4.69, 9.17) is 20.8 Å². The summed E-state index contributed by atoms with van der Waals surface area (Å²) in [6.07, 6.45) is 2.79. The summed E-state index contributed by atoms with van der Waals surface area (Å²) in [7, 11) is 0. The van der Waals surface area contributed by atoms with E-state index in [-0.39, 0.29) is 30.5 Å². The Morgan fingerprint density at radius 2 is 2.15 bits per heavy atom. The summed E-state index contributed by atoms with van der Waals surface area (Å²) >= 11 is 5.89. The van der Waals surface area contributed by atoms with Crippen LogP contribution in [0.1, 0.15) is 21.8 Å². The SMILES string of the molecule is Cc1ocnc1C(=O)N1CCOc2c(O)cc(-c3ccc(Cl)cn3)cc2C1. The normalized spacial score (nSPS) is 13.6. The molecule has 1 N–H and O–H groups in total. The number of ether oxygens (including phenoxy) is 1. The van der Waals surface area contributed by atoms with Crippen molar-refractivity contribution in [2.75, 3.05) is 13.2 Å². The molecule has 0 saturated carbocycles. The zero-order valence-corrected chi connectivity index (χ0v) is 15.2. The van der Waals surface area contributed by atoms with Crippen LogP contribution in [-0.4, -0.2) is 39.0 Å². The van der Waals surface area contributed by atoms with E-state index in [1.807, 2.05) is 6.07 Å². The van der Waals surface area contributed by atoms with Crippen molar-refractivity contribution in [2.24, 2.45) is 0 Å². The predicted molar refractivity (Wildman–Crippen MR) is 97.8 cm³/mol. The molecule has 0 radical (unpaired) electrons. The largest absolute Gasteiger partial charge is 0.504 e. The number of fused-ring (bicyclic) bond motifs is 1. The van der Waals surface area contributed by atoms with Gasteiger partial charge in [-0.2, -0.15) is 0 Å². The van der Waals surface area contributed by atoms with Gasteiger partial charge >= 0.3 is 0 Å². The highest BCUT2D eigenvalue weighted by atomic mass is 35.5. The topological polar surface area (TPSA) is 88.7 Å². The lowest BCUT2D eigenvalue weighted by molar-refractivity contribution is 0.0726. The second-order valence-electron chi connectivity index (χ2n) is 6.18. The van der Waals surface area contributed by atoms with Crippen molar-refractivity contribution in [3.63, 3.8) is 0 Å². The molecule has 1 aromatic carbocycles. The standard InChI is InChI=1S/C19H16ClN3O4/c1-11-17(22-10-27-11)19(25)23-4-5-26-18-13(9-23)6-12(7-16(18)24)15-3-2-14(20)8-21-15/h2-3,6-8,10,24H,4-5,9H2,1H3. The van der Waals surface area contributed by atoms with Crippen LogP contribution in [0.4, 0.5) is 0 Å². The van der Waals surface area contributed by atoms with Gasteiger partial charge < -0.3 is 19.2 Å². The highest BCUT2D eigenvalue weighted by molar-refractivity contribution is 6.30. The lowest BCUT2D eigenvalue weighted by Crippen LogP contribution is -2.33. The number of aromatic nitrogens is 2. The molecule has 1 aliphatic heterocycles. The van der Waals surface area contributed by atoms with E-state index in [9.17, 15) is 9.90 Å². The second kappa shape index (κ2) is 6.92. The Balaban J connectivity index is 1.70. The average Bonchev–Trinajstić information content (AvgIpc) is 2.96. The van der Waals surface area contributed by atoms with Crippen LogP contribution in [0.25, 0.3) is 11.3 Å². The van der Waals surface area contributed by atoms with Crippen molar-refractivity contribution in [3.8, 4) is 22.8 Å². The molecule has 138 valence electrons. The summed E-state index contributed by atoms with van der Waals surface area (Å²) in [6.45, 7) is 2.60. The number of hydrogen-bond donors (Lipinski definition) is 1. The fourth-order valence-corrected chi connectivity index (χ4v) is 3.14. The molecule has 0 spiro atoms. The van der Waals surface area contributed by atoms with Crippen molar-refractivity contribution in [1.29, 1.82) is 0 Å². The van der Waals surface area contributed by atoms with Crippen LogP contribution in [-0.2, 0) is 6.54 Å². The third-order valence-corrected chi connectivity index (χ3v) is 4.60. The van der Waals surface area contributed by atoms with E-state index in [1.54, 1.807) is 36.2 Å². The Kier molecular flexibility index (Phi) is 4.45. The predicted octanol–water partition coefficient (Wildman–Crippen LogP) is 3.44. The number of amides is 1. The lowest BCUT2D eigenvalue weighted by atomic mass is 10.0. The minimum absolute atomic E-state index is 0.00571. The zero-order valence-electron chi connectivity index (χ0n) is 14.5. The first-order valence-corrected chi connectivity index (χ1v) is 8.70. The first-order chi connectivity index (χ1) is 13.0. The van der Waals surface area contributed by atoms with Gasteiger partial charge in [0, 0.05) is 23.9 Å². The number of hydrogen-bond acceptors (Lipinski definition) is 6. The number of benzene rings is 1. The number of carbonyl (C=O) groups excluding carboxylic acids is 1. The molecule has 0 aliphatic carbocycles. The Hall–Kier alpha value is -3.06. The summed E-state index contributed by atoms with van der Waals surface area (Å²) in [6, 6.07) is 6.94. The minimum Gasteiger partial charge on any atom is -0.504 e. The lowest BCUT2D eigenvalue weighted by Gasteiger charge is -2.19. The zero-order chi connectivity index (χ0) is 19.0. The van der Waals surface area contributed by atoms with E-state index >= 15 is 0 Å². The van der Waals surface area contributed by atoms with Crippen LogP contribution in [0.2, 0.25) is 5.02 Å². The molecule has 0 unspecified atom stereocenters. The van der Waals surface area contributed by atoms with Gasteiger partial charge in [0.15, 0.2) is 23.6 Å². The van der Waals surface area contributed by atoms with Crippen LogP contribution in [0.15, 0.2) is 41.3 Å². The molecule has 0 fully saturated rings. The number of rotatable bonds is 2. The fourth-order valence-electron chi connectivity index (χ4n) is 3.03. The number of carbonyl (C=O) groups is 1. The van der Waals surface area contributed by atoms with E-state index in [0.717, 1.165) is 0 Å². The van der Waals surface area contributed by atoms with Gasteiger partial charge in [-0.15, -0.1) is 0 Å². The molecule has 4 rings (SSSR count). The van der Waals surface area contributed by atoms with Gasteiger partial charge in [-0.05, 0) is 31.2 Å².